The maximum absolute atomic E-state index is 14.2. The molecule has 4 rings (SSSR count). The smallest absolute Gasteiger partial charge is 0.317 e. The van der Waals surface area contributed by atoms with Gasteiger partial charge in [0.15, 0.2) is 11.5 Å². The molecule has 1 aromatic carbocycles. The fraction of sp³-hybridized carbons (Fsp3) is 0.238. The predicted molar refractivity (Wildman–Crippen MR) is 110 cm³/mol. The van der Waals surface area contributed by atoms with Crippen molar-refractivity contribution in [3.05, 3.63) is 69.5 Å². The van der Waals surface area contributed by atoms with Gasteiger partial charge in [0, 0.05) is 11.6 Å². The van der Waals surface area contributed by atoms with E-state index in [4.69, 9.17) is 4.74 Å². The molecule has 0 aliphatic heterocycles. The van der Waals surface area contributed by atoms with Crippen LogP contribution in [0.3, 0.4) is 0 Å². The van der Waals surface area contributed by atoms with Crippen molar-refractivity contribution in [2.24, 2.45) is 0 Å². The van der Waals surface area contributed by atoms with Crippen LogP contribution in [0.15, 0.2) is 35.3 Å². The molecule has 0 saturated heterocycles. The van der Waals surface area contributed by atoms with E-state index in [1.807, 2.05) is 0 Å². The summed E-state index contributed by atoms with van der Waals surface area (Å²) in [5.74, 6) is -2.98. The number of hydrogen-bond donors (Lipinski definition) is 1. The van der Waals surface area contributed by atoms with Crippen LogP contribution >= 0.6 is 0 Å². The Morgan fingerprint density at radius 3 is 2.58 bits per heavy atom. The second-order valence-corrected chi connectivity index (χ2v) is 7.73. The summed E-state index contributed by atoms with van der Waals surface area (Å²) in [4.78, 5) is 31.2. The van der Waals surface area contributed by atoms with Gasteiger partial charge in [0.1, 0.15) is 34.3 Å². The molecule has 9 nitrogen and oxygen atoms in total. The van der Waals surface area contributed by atoms with Crippen LogP contribution in [0.25, 0.3) is 22.6 Å². The van der Waals surface area contributed by atoms with E-state index in [9.17, 15) is 22.8 Å². The molecule has 0 saturated carbocycles. The summed E-state index contributed by atoms with van der Waals surface area (Å²) >= 11 is 0. The maximum atomic E-state index is 14.2. The number of ether oxygens (including phenoxy) is 1. The van der Waals surface area contributed by atoms with E-state index >= 15 is 0 Å². The van der Waals surface area contributed by atoms with Crippen molar-refractivity contribution in [2.45, 2.75) is 25.8 Å². The number of nitrogens with zero attached hydrogens (tertiary/aromatic N) is 5. The van der Waals surface area contributed by atoms with Gasteiger partial charge >= 0.3 is 5.97 Å². The first-order valence-electron chi connectivity index (χ1n) is 9.64. The molecule has 3 heterocycles. The Bertz CT molecular complexity index is 1450. The van der Waals surface area contributed by atoms with E-state index in [-0.39, 0.29) is 40.4 Å². The largest absolute Gasteiger partial charge is 0.468 e. The van der Waals surface area contributed by atoms with Gasteiger partial charge in [0.05, 0.1) is 25.2 Å². The van der Waals surface area contributed by atoms with Gasteiger partial charge < -0.3 is 9.72 Å². The Labute approximate surface area is 184 Å². The highest BCUT2D eigenvalue weighted by molar-refractivity contribution is 5.89. The zero-order valence-electron chi connectivity index (χ0n) is 17.7. The summed E-state index contributed by atoms with van der Waals surface area (Å²) in [6.07, 6.45) is 0.960. The monoisotopic (exact) mass is 458 g/mol. The standard InChI is InChI=1S/C21H17F3N6O3/c1-21(2,20(32)33-3)16-19(31)26-17(28-27-16)15-13-6-12(23)8-25-18(13)30(29-15)9-10-4-5-11(22)7-14(10)24/h4-8H,9H2,1-3H3,(H,26,28,31). The van der Waals surface area contributed by atoms with Crippen LogP contribution in [0.1, 0.15) is 25.1 Å². The van der Waals surface area contributed by atoms with Gasteiger partial charge in [-0.3, -0.25) is 9.59 Å². The first-order chi connectivity index (χ1) is 15.6. The minimum atomic E-state index is -1.37. The Hall–Kier alpha value is -4.09. The molecule has 170 valence electrons. The molecule has 3 aromatic heterocycles. The number of H-pyrrole nitrogens is 1. The van der Waals surface area contributed by atoms with Crippen LogP contribution in [-0.2, 0) is 21.5 Å². The van der Waals surface area contributed by atoms with Gasteiger partial charge in [-0.1, -0.05) is 6.07 Å². The number of halogens is 3. The molecule has 1 N–H and O–H groups in total. The first-order valence-corrected chi connectivity index (χ1v) is 9.64. The molecule has 33 heavy (non-hydrogen) atoms. The molecular weight excluding hydrogens is 441 g/mol. The number of rotatable bonds is 5. The quantitative estimate of drug-likeness (QED) is 0.457. The van der Waals surface area contributed by atoms with Crippen LogP contribution in [0, 0.1) is 17.5 Å². The zero-order chi connectivity index (χ0) is 23.9. The molecule has 0 aliphatic rings. The average Bonchev–Trinajstić information content (AvgIpc) is 3.12. The fourth-order valence-corrected chi connectivity index (χ4v) is 3.33. The van der Waals surface area contributed by atoms with Gasteiger partial charge in [0.25, 0.3) is 5.56 Å². The third-order valence-corrected chi connectivity index (χ3v) is 5.10. The van der Waals surface area contributed by atoms with Crippen molar-refractivity contribution in [2.75, 3.05) is 7.11 Å². The number of aromatic amines is 1. The van der Waals surface area contributed by atoms with Crippen molar-refractivity contribution >= 4 is 17.0 Å². The molecule has 0 bridgehead atoms. The fourth-order valence-electron chi connectivity index (χ4n) is 3.33. The third kappa shape index (κ3) is 3.95. The lowest BCUT2D eigenvalue weighted by atomic mass is 9.90. The number of carbonyl (C=O) groups excluding carboxylic acids is 1. The summed E-state index contributed by atoms with van der Waals surface area (Å²) in [6.45, 7) is 2.77. The highest BCUT2D eigenvalue weighted by Gasteiger charge is 2.36. The minimum Gasteiger partial charge on any atom is -0.468 e. The number of methoxy groups -OCH3 is 1. The highest BCUT2D eigenvalue weighted by Crippen LogP contribution is 2.26. The minimum absolute atomic E-state index is 0.0338. The number of nitrogens with one attached hydrogen (secondary N) is 1. The number of fused-ring (bicyclic) bond motifs is 1. The van der Waals surface area contributed by atoms with Crippen LogP contribution < -0.4 is 5.56 Å². The molecular formula is C21H17F3N6O3. The maximum Gasteiger partial charge on any atom is 0.317 e. The van der Waals surface area contributed by atoms with Crippen LogP contribution in [0.5, 0.6) is 0 Å². The van der Waals surface area contributed by atoms with Crippen molar-refractivity contribution < 1.29 is 22.7 Å². The lowest BCUT2D eigenvalue weighted by Crippen LogP contribution is -2.38. The molecule has 0 radical (unpaired) electrons. The Balaban J connectivity index is 1.83. The van der Waals surface area contributed by atoms with E-state index in [0.717, 1.165) is 24.4 Å². The lowest BCUT2D eigenvalue weighted by molar-refractivity contribution is -0.146. The molecule has 4 aromatic rings. The summed E-state index contributed by atoms with van der Waals surface area (Å²) in [6, 6.07) is 4.23. The number of aromatic nitrogens is 6. The van der Waals surface area contributed by atoms with Crippen molar-refractivity contribution in [1.29, 1.82) is 0 Å². The van der Waals surface area contributed by atoms with Gasteiger partial charge in [-0.25, -0.2) is 22.8 Å². The SMILES string of the molecule is COC(=O)C(C)(C)c1nnc(-c2nn(Cc3ccc(F)cc3F)c3ncc(F)cc23)[nH]c1=O. The highest BCUT2D eigenvalue weighted by atomic mass is 19.1. The van der Waals surface area contributed by atoms with E-state index in [1.54, 1.807) is 0 Å². The molecule has 12 heteroatoms. The summed E-state index contributed by atoms with van der Waals surface area (Å²) in [7, 11) is 1.18. The summed E-state index contributed by atoms with van der Waals surface area (Å²) in [5, 5.41) is 12.3. The molecule has 0 spiro atoms. The van der Waals surface area contributed by atoms with E-state index in [2.05, 4.69) is 25.3 Å². The number of benzene rings is 1. The van der Waals surface area contributed by atoms with Crippen molar-refractivity contribution in [3.63, 3.8) is 0 Å². The van der Waals surface area contributed by atoms with E-state index < -0.39 is 34.4 Å². The predicted octanol–water partition coefficient (Wildman–Crippen LogP) is 2.49. The second-order valence-electron chi connectivity index (χ2n) is 7.73. The average molecular weight is 458 g/mol. The zero-order valence-corrected chi connectivity index (χ0v) is 17.7. The van der Waals surface area contributed by atoms with Gasteiger partial charge in [-0.2, -0.15) is 5.10 Å². The molecule has 0 atom stereocenters. The van der Waals surface area contributed by atoms with Crippen LogP contribution in [0.2, 0.25) is 0 Å². The van der Waals surface area contributed by atoms with Crippen molar-refractivity contribution in [3.8, 4) is 11.5 Å². The summed E-state index contributed by atoms with van der Waals surface area (Å²) < 4.78 is 47.3. The van der Waals surface area contributed by atoms with E-state index in [1.165, 1.54) is 31.7 Å². The number of pyridine rings is 1. The Morgan fingerprint density at radius 2 is 1.91 bits per heavy atom. The second kappa shape index (κ2) is 8.11. The Kier molecular flexibility index (Phi) is 5.44. The number of carbonyl (C=O) groups is 1. The molecule has 0 amide bonds. The molecule has 0 unspecified atom stereocenters. The number of hydrogen-bond acceptors (Lipinski definition) is 7. The summed E-state index contributed by atoms with van der Waals surface area (Å²) in [5.41, 5.74) is -1.94. The molecule has 0 fully saturated rings. The van der Waals surface area contributed by atoms with Crippen LogP contribution in [-0.4, -0.2) is 43.0 Å². The van der Waals surface area contributed by atoms with Crippen molar-refractivity contribution in [1.82, 2.24) is 29.9 Å². The topological polar surface area (TPSA) is 116 Å². The van der Waals surface area contributed by atoms with Crippen LogP contribution in [0.4, 0.5) is 13.2 Å². The Morgan fingerprint density at radius 1 is 1.15 bits per heavy atom. The van der Waals surface area contributed by atoms with Gasteiger partial charge in [-0.15, -0.1) is 10.2 Å². The third-order valence-electron chi connectivity index (χ3n) is 5.10. The van der Waals surface area contributed by atoms with Gasteiger partial charge in [-0.05, 0) is 26.0 Å². The first kappa shape index (κ1) is 22.1. The number of esters is 1. The lowest BCUT2D eigenvalue weighted by Gasteiger charge is -2.18. The van der Waals surface area contributed by atoms with Gasteiger partial charge in [0.2, 0.25) is 0 Å². The van der Waals surface area contributed by atoms with E-state index in [0.29, 0.717) is 0 Å². The normalized spacial score (nSPS) is 11.7. The molecule has 0 aliphatic carbocycles.